The van der Waals surface area contributed by atoms with Gasteiger partial charge in [0.25, 0.3) is 0 Å². The molecule has 0 aliphatic carbocycles. The molecule has 5 heteroatoms. The van der Waals surface area contributed by atoms with Crippen molar-refractivity contribution in [1.29, 1.82) is 0 Å². The van der Waals surface area contributed by atoms with Crippen LogP contribution in [0, 0.1) is 5.92 Å². The summed E-state index contributed by atoms with van der Waals surface area (Å²) in [6, 6.07) is 0.00838. The fourth-order valence-corrected chi connectivity index (χ4v) is 1.99. The Labute approximate surface area is 89.6 Å². The smallest absolute Gasteiger partial charge is 0.0758 e. The highest BCUT2D eigenvalue weighted by atomic mass is 16.5. The minimum atomic E-state index is 0.00838. The van der Waals surface area contributed by atoms with Gasteiger partial charge in [-0.15, -0.1) is 5.10 Å². The van der Waals surface area contributed by atoms with Crippen molar-refractivity contribution >= 4 is 0 Å². The molecule has 0 radical (unpaired) electrons. The zero-order valence-electron chi connectivity index (χ0n) is 9.09. The van der Waals surface area contributed by atoms with Gasteiger partial charge in [-0.1, -0.05) is 12.1 Å². The molecule has 0 spiro atoms. The molecular weight excluding hydrogens is 192 g/mol. The maximum absolute atomic E-state index is 6.19. The number of aromatic nitrogens is 3. The molecule has 1 saturated heterocycles. The molecule has 0 amide bonds. The van der Waals surface area contributed by atoms with E-state index in [2.05, 4.69) is 17.2 Å². The lowest BCUT2D eigenvalue weighted by molar-refractivity contribution is 0.180. The fraction of sp³-hybridized carbons (Fsp3) is 0.800. The minimum Gasteiger partial charge on any atom is -0.381 e. The van der Waals surface area contributed by atoms with Crippen molar-refractivity contribution in [2.45, 2.75) is 32.4 Å². The van der Waals surface area contributed by atoms with Crippen LogP contribution in [0.25, 0.3) is 0 Å². The summed E-state index contributed by atoms with van der Waals surface area (Å²) in [5.41, 5.74) is 7.23. The number of hydrogen-bond acceptors (Lipinski definition) is 4. The highest BCUT2D eigenvalue weighted by molar-refractivity contribution is 5.04. The van der Waals surface area contributed by atoms with E-state index in [-0.39, 0.29) is 6.04 Å². The second-order valence-corrected chi connectivity index (χ2v) is 4.03. The molecule has 0 aromatic carbocycles. The van der Waals surface area contributed by atoms with Crippen molar-refractivity contribution in [3.8, 4) is 0 Å². The molecule has 84 valence electrons. The van der Waals surface area contributed by atoms with Crippen LogP contribution < -0.4 is 5.73 Å². The maximum Gasteiger partial charge on any atom is 0.0758 e. The molecule has 15 heavy (non-hydrogen) atoms. The summed E-state index contributed by atoms with van der Waals surface area (Å²) in [4.78, 5) is 0. The van der Waals surface area contributed by atoms with Crippen molar-refractivity contribution < 1.29 is 4.74 Å². The van der Waals surface area contributed by atoms with E-state index in [9.17, 15) is 0 Å². The average Bonchev–Trinajstić information content (AvgIpc) is 2.87. The first kappa shape index (κ1) is 10.6. The molecule has 0 saturated carbocycles. The molecular formula is C10H18N4O. The quantitative estimate of drug-likeness (QED) is 0.795. The maximum atomic E-state index is 6.19. The van der Waals surface area contributed by atoms with Gasteiger partial charge in [-0.3, -0.25) is 0 Å². The number of aryl methyl sites for hydroxylation is 1. The van der Waals surface area contributed by atoms with Crippen LogP contribution in [0.2, 0.25) is 0 Å². The summed E-state index contributed by atoms with van der Waals surface area (Å²) in [5, 5.41) is 7.97. The summed E-state index contributed by atoms with van der Waals surface area (Å²) in [6.07, 6.45) is 3.86. The Balaban J connectivity index is 2.09. The lowest BCUT2D eigenvalue weighted by atomic mass is 9.97. The van der Waals surface area contributed by atoms with E-state index < -0.39 is 0 Å². The van der Waals surface area contributed by atoms with Crippen LogP contribution in [0.3, 0.4) is 0 Å². The van der Waals surface area contributed by atoms with E-state index in [1.807, 2.05) is 4.68 Å². The van der Waals surface area contributed by atoms with Gasteiger partial charge in [0.15, 0.2) is 0 Å². The first-order chi connectivity index (χ1) is 7.33. The van der Waals surface area contributed by atoms with Gasteiger partial charge in [-0.05, 0) is 12.8 Å². The number of hydrogen-bond donors (Lipinski definition) is 1. The van der Waals surface area contributed by atoms with Crippen LogP contribution in [0.5, 0.6) is 0 Å². The van der Waals surface area contributed by atoms with Crippen LogP contribution >= 0.6 is 0 Å². The predicted octanol–water partition coefficient (Wildman–Crippen LogP) is 0.724. The highest BCUT2D eigenvalue weighted by Crippen LogP contribution is 2.25. The van der Waals surface area contributed by atoms with Crippen molar-refractivity contribution in [3.05, 3.63) is 11.9 Å². The lowest BCUT2D eigenvalue weighted by Crippen LogP contribution is -2.24. The molecule has 1 aromatic rings. The van der Waals surface area contributed by atoms with Crippen molar-refractivity contribution in [2.24, 2.45) is 11.7 Å². The summed E-state index contributed by atoms with van der Waals surface area (Å²) in [6.45, 7) is 4.60. The van der Waals surface area contributed by atoms with Gasteiger partial charge in [0.1, 0.15) is 0 Å². The van der Waals surface area contributed by atoms with Gasteiger partial charge in [-0.25, -0.2) is 4.68 Å². The Morgan fingerprint density at radius 2 is 2.60 bits per heavy atom. The Bertz CT molecular complexity index is 306. The van der Waals surface area contributed by atoms with E-state index in [0.717, 1.165) is 38.3 Å². The van der Waals surface area contributed by atoms with Gasteiger partial charge < -0.3 is 10.5 Å². The molecule has 0 bridgehead atoms. The molecule has 1 aliphatic heterocycles. The predicted molar refractivity (Wildman–Crippen MR) is 56.2 cm³/mol. The number of nitrogens with zero attached hydrogens (tertiary/aromatic N) is 3. The van der Waals surface area contributed by atoms with Crippen LogP contribution in [0.4, 0.5) is 0 Å². The van der Waals surface area contributed by atoms with E-state index in [0.29, 0.717) is 5.92 Å². The Kier molecular flexibility index (Phi) is 3.33. The summed E-state index contributed by atoms with van der Waals surface area (Å²) >= 11 is 0. The SMILES string of the molecule is CCCn1nncc1C(N)C1CCOC1. The molecule has 1 aromatic heterocycles. The monoisotopic (exact) mass is 210 g/mol. The van der Waals surface area contributed by atoms with Gasteiger partial charge >= 0.3 is 0 Å². The third-order valence-electron chi connectivity index (χ3n) is 2.90. The summed E-state index contributed by atoms with van der Waals surface area (Å²) in [5.74, 6) is 0.416. The minimum absolute atomic E-state index is 0.00838. The average molecular weight is 210 g/mol. The van der Waals surface area contributed by atoms with Gasteiger partial charge in [-0.2, -0.15) is 0 Å². The molecule has 2 heterocycles. The highest BCUT2D eigenvalue weighted by Gasteiger charge is 2.26. The lowest BCUT2D eigenvalue weighted by Gasteiger charge is -2.17. The first-order valence-corrected chi connectivity index (χ1v) is 5.54. The third kappa shape index (κ3) is 2.18. The van der Waals surface area contributed by atoms with Crippen molar-refractivity contribution in [2.75, 3.05) is 13.2 Å². The van der Waals surface area contributed by atoms with Gasteiger partial charge in [0, 0.05) is 19.1 Å². The van der Waals surface area contributed by atoms with E-state index in [4.69, 9.17) is 10.5 Å². The molecule has 1 fully saturated rings. The topological polar surface area (TPSA) is 66.0 Å². The van der Waals surface area contributed by atoms with Crippen molar-refractivity contribution in [1.82, 2.24) is 15.0 Å². The Morgan fingerprint density at radius 3 is 3.27 bits per heavy atom. The van der Waals surface area contributed by atoms with Crippen molar-refractivity contribution in [3.63, 3.8) is 0 Å². The number of ether oxygens (including phenoxy) is 1. The second kappa shape index (κ2) is 4.72. The number of nitrogens with two attached hydrogens (primary N) is 1. The van der Waals surface area contributed by atoms with Crippen LogP contribution in [0.1, 0.15) is 31.5 Å². The second-order valence-electron chi connectivity index (χ2n) is 4.03. The first-order valence-electron chi connectivity index (χ1n) is 5.54. The molecule has 2 N–H and O–H groups in total. The van der Waals surface area contributed by atoms with E-state index in [1.54, 1.807) is 6.20 Å². The van der Waals surface area contributed by atoms with E-state index in [1.165, 1.54) is 0 Å². The third-order valence-corrected chi connectivity index (χ3v) is 2.90. The van der Waals surface area contributed by atoms with Crippen LogP contribution in [-0.4, -0.2) is 28.2 Å². The Morgan fingerprint density at radius 1 is 1.73 bits per heavy atom. The van der Waals surface area contributed by atoms with Gasteiger partial charge in [0.2, 0.25) is 0 Å². The molecule has 2 rings (SSSR count). The zero-order chi connectivity index (χ0) is 10.7. The summed E-state index contributed by atoms with van der Waals surface area (Å²) < 4.78 is 7.25. The fourth-order valence-electron chi connectivity index (χ4n) is 1.99. The van der Waals surface area contributed by atoms with Crippen LogP contribution in [0.15, 0.2) is 6.20 Å². The summed E-state index contributed by atoms with van der Waals surface area (Å²) in [7, 11) is 0. The zero-order valence-corrected chi connectivity index (χ0v) is 9.09. The molecule has 5 nitrogen and oxygen atoms in total. The Hall–Kier alpha value is -0.940. The van der Waals surface area contributed by atoms with Crippen LogP contribution in [-0.2, 0) is 11.3 Å². The molecule has 1 aliphatic rings. The van der Waals surface area contributed by atoms with Gasteiger partial charge in [0.05, 0.1) is 24.5 Å². The standard InChI is InChI=1S/C10H18N4O/c1-2-4-14-9(6-12-13-14)10(11)8-3-5-15-7-8/h6,8,10H,2-5,7,11H2,1H3. The molecule has 2 atom stereocenters. The van der Waals surface area contributed by atoms with E-state index >= 15 is 0 Å². The largest absolute Gasteiger partial charge is 0.381 e. The molecule has 2 unspecified atom stereocenters. The normalized spacial score (nSPS) is 23.2. The number of rotatable bonds is 4.